The number of amides is 1. The molecule has 0 aromatic heterocycles. The quantitative estimate of drug-likeness (QED) is 0.771. The molecule has 0 spiro atoms. The third-order valence-electron chi connectivity index (χ3n) is 2.81. The Morgan fingerprint density at radius 1 is 1.24 bits per heavy atom. The van der Waals surface area contributed by atoms with Gasteiger partial charge in [-0.3, -0.25) is 4.79 Å². The van der Waals surface area contributed by atoms with Gasteiger partial charge in [0.05, 0.1) is 16.3 Å². The second-order valence-electron chi connectivity index (χ2n) is 5.21. The van der Waals surface area contributed by atoms with Gasteiger partial charge in [0, 0.05) is 19.0 Å². The second kappa shape index (κ2) is 8.02. The van der Waals surface area contributed by atoms with Crippen LogP contribution in [0.25, 0.3) is 0 Å². The first-order valence-corrected chi connectivity index (χ1v) is 8.87. The fourth-order valence-corrected chi connectivity index (χ4v) is 3.49. The fraction of sp³-hybridized carbons (Fsp3) is 0.533. The van der Waals surface area contributed by atoms with Gasteiger partial charge in [-0.15, -0.1) is 0 Å². The lowest BCUT2D eigenvalue weighted by Gasteiger charge is -2.13. The summed E-state index contributed by atoms with van der Waals surface area (Å²) >= 11 is 0. The molecule has 0 aliphatic heterocycles. The van der Waals surface area contributed by atoms with E-state index < -0.39 is 9.84 Å². The smallest absolute Gasteiger partial charge is 0.221 e. The third-order valence-corrected chi connectivity index (χ3v) is 4.78. The molecule has 0 saturated carbocycles. The maximum absolute atomic E-state index is 12.2. The minimum atomic E-state index is -3.27. The van der Waals surface area contributed by atoms with E-state index in [0.29, 0.717) is 30.0 Å². The molecule has 0 atom stereocenters. The number of rotatable bonds is 8. The van der Waals surface area contributed by atoms with Gasteiger partial charge in [0.2, 0.25) is 5.91 Å². The normalized spacial score (nSPS) is 11.4. The van der Waals surface area contributed by atoms with E-state index in [2.05, 4.69) is 10.6 Å². The highest BCUT2D eigenvalue weighted by Crippen LogP contribution is 2.22. The molecule has 0 radical (unpaired) electrons. The molecule has 2 N–H and O–H groups in total. The van der Waals surface area contributed by atoms with Gasteiger partial charge in [-0.25, -0.2) is 8.42 Å². The summed E-state index contributed by atoms with van der Waals surface area (Å²) in [6.07, 6.45) is 0.883. The van der Waals surface area contributed by atoms with E-state index in [0.717, 1.165) is 0 Å². The zero-order valence-electron chi connectivity index (χ0n) is 12.8. The Morgan fingerprint density at radius 2 is 1.90 bits per heavy atom. The average Bonchev–Trinajstić information content (AvgIpc) is 2.38. The monoisotopic (exact) mass is 312 g/mol. The molecule has 0 heterocycles. The fourth-order valence-electron chi connectivity index (χ4n) is 1.97. The van der Waals surface area contributed by atoms with Crippen LogP contribution >= 0.6 is 0 Å². The highest BCUT2D eigenvalue weighted by molar-refractivity contribution is 7.91. The number of carbonyl (C=O) groups excluding carboxylic acids is 1. The van der Waals surface area contributed by atoms with Crippen LogP contribution < -0.4 is 10.6 Å². The van der Waals surface area contributed by atoms with Crippen molar-refractivity contribution >= 4 is 21.4 Å². The summed E-state index contributed by atoms with van der Waals surface area (Å²) in [5.74, 6) is 0.0749. The summed E-state index contributed by atoms with van der Waals surface area (Å²) < 4.78 is 24.4. The molecule has 0 aliphatic rings. The molecule has 21 heavy (non-hydrogen) atoms. The first-order valence-electron chi connectivity index (χ1n) is 7.22. The predicted molar refractivity (Wildman–Crippen MR) is 85.2 cm³/mol. The molecule has 1 amide bonds. The van der Waals surface area contributed by atoms with Gasteiger partial charge < -0.3 is 10.6 Å². The van der Waals surface area contributed by atoms with Gasteiger partial charge in [-0.1, -0.05) is 19.1 Å². The van der Waals surface area contributed by atoms with Crippen molar-refractivity contribution in [1.82, 2.24) is 5.32 Å². The van der Waals surface area contributed by atoms with Crippen LogP contribution in [-0.4, -0.2) is 32.7 Å². The first kappa shape index (κ1) is 17.5. The van der Waals surface area contributed by atoms with Crippen molar-refractivity contribution in [2.45, 2.75) is 44.6 Å². The van der Waals surface area contributed by atoms with Crippen molar-refractivity contribution in [3.8, 4) is 0 Å². The van der Waals surface area contributed by atoms with E-state index in [1.807, 2.05) is 20.8 Å². The van der Waals surface area contributed by atoms with E-state index in [1.165, 1.54) is 0 Å². The average molecular weight is 312 g/mol. The zero-order valence-corrected chi connectivity index (χ0v) is 13.7. The van der Waals surface area contributed by atoms with E-state index in [-0.39, 0.29) is 17.7 Å². The minimum Gasteiger partial charge on any atom is -0.383 e. The van der Waals surface area contributed by atoms with Crippen LogP contribution in [0.15, 0.2) is 29.2 Å². The van der Waals surface area contributed by atoms with Crippen LogP contribution in [0.1, 0.15) is 33.6 Å². The molecular weight excluding hydrogens is 288 g/mol. The molecule has 0 saturated heterocycles. The van der Waals surface area contributed by atoms with Gasteiger partial charge in [-0.2, -0.15) is 0 Å². The van der Waals surface area contributed by atoms with E-state index in [1.54, 1.807) is 24.3 Å². The minimum absolute atomic E-state index is 0.0496. The Balaban J connectivity index is 2.70. The number of benzene rings is 1. The lowest BCUT2D eigenvalue weighted by molar-refractivity contribution is -0.121. The summed E-state index contributed by atoms with van der Waals surface area (Å²) in [6.45, 7) is 6.04. The first-order chi connectivity index (χ1) is 9.86. The highest BCUT2D eigenvalue weighted by Gasteiger charge is 2.17. The zero-order chi connectivity index (χ0) is 15.9. The van der Waals surface area contributed by atoms with Crippen LogP contribution in [0.3, 0.4) is 0 Å². The van der Waals surface area contributed by atoms with Crippen molar-refractivity contribution in [2.75, 3.05) is 17.6 Å². The molecule has 0 fully saturated rings. The molecule has 0 bridgehead atoms. The summed E-state index contributed by atoms with van der Waals surface area (Å²) in [6, 6.07) is 6.92. The molecular formula is C15H24N2O3S. The van der Waals surface area contributed by atoms with Crippen molar-refractivity contribution in [1.29, 1.82) is 0 Å². The van der Waals surface area contributed by atoms with Crippen LogP contribution in [-0.2, 0) is 14.6 Å². The molecule has 0 unspecified atom stereocenters. The Labute approximate surface area is 127 Å². The van der Waals surface area contributed by atoms with Crippen molar-refractivity contribution in [3.05, 3.63) is 24.3 Å². The molecule has 5 nitrogen and oxygen atoms in total. The second-order valence-corrected chi connectivity index (χ2v) is 7.29. The molecule has 118 valence electrons. The van der Waals surface area contributed by atoms with Gasteiger partial charge in [0.15, 0.2) is 9.84 Å². The van der Waals surface area contributed by atoms with Crippen molar-refractivity contribution in [3.63, 3.8) is 0 Å². The lowest BCUT2D eigenvalue weighted by Crippen LogP contribution is -2.31. The van der Waals surface area contributed by atoms with Gasteiger partial charge in [0.25, 0.3) is 0 Å². The molecule has 6 heteroatoms. The summed E-state index contributed by atoms with van der Waals surface area (Å²) in [5.41, 5.74) is 0.559. The van der Waals surface area contributed by atoms with Gasteiger partial charge >= 0.3 is 0 Å². The summed E-state index contributed by atoms with van der Waals surface area (Å²) in [5, 5.41) is 5.84. The van der Waals surface area contributed by atoms with Crippen molar-refractivity contribution in [2.24, 2.45) is 0 Å². The van der Waals surface area contributed by atoms with E-state index in [4.69, 9.17) is 0 Å². The Morgan fingerprint density at radius 3 is 2.52 bits per heavy atom. The molecule has 1 aromatic carbocycles. The van der Waals surface area contributed by atoms with Crippen LogP contribution in [0, 0.1) is 0 Å². The Hall–Kier alpha value is -1.56. The number of carbonyl (C=O) groups is 1. The largest absolute Gasteiger partial charge is 0.383 e. The highest BCUT2D eigenvalue weighted by atomic mass is 32.2. The number of hydrogen-bond acceptors (Lipinski definition) is 4. The maximum Gasteiger partial charge on any atom is 0.221 e. The van der Waals surface area contributed by atoms with Crippen LogP contribution in [0.5, 0.6) is 0 Å². The van der Waals surface area contributed by atoms with Crippen LogP contribution in [0.2, 0.25) is 0 Å². The lowest BCUT2D eigenvalue weighted by atomic mass is 10.3. The topological polar surface area (TPSA) is 75.3 Å². The van der Waals surface area contributed by atoms with E-state index in [9.17, 15) is 13.2 Å². The number of nitrogens with one attached hydrogen (secondary N) is 2. The van der Waals surface area contributed by atoms with Crippen molar-refractivity contribution < 1.29 is 13.2 Å². The molecule has 1 rings (SSSR count). The standard InChI is InChI=1S/C15H24N2O3S/c1-4-11-21(19,20)14-8-6-5-7-13(14)16-10-9-15(18)17-12(2)3/h5-8,12,16H,4,9-11H2,1-3H3,(H,17,18). The summed E-state index contributed by atoms with van der Waals surface area (Å²) in [7, 11) is -3.27. The van der Waals surface area contributed by atoms with Crippen LogP contribution in [0.4, 0.5) is 5.69 Å². The van der Waals surface area contributed by atoms with E-state index >= 15 is 0 Å². The number of anilines is 1. The number of sulfone groups is 1. The van der Waals surface area contributed by atoms with Gasteiger partial charge in [-0.05, 0) is 32.4 Å². The molecule has 1 aromatic rings. The summed E-state index contributed by atoms with van der Waals surface area (Å²) in [4.78, 5) is 11.9. The number of para-hydroxylation sites is 1. The predicted octanol–water partition coefficient (Wildman–Crippen LogP) is 2.20. The Kier molecular flexibility index (Phi) is 6.68. The number of hydrogen-bond donors (Lipinski definition) is 2. The maximum atomic E-state index is 12.2. The molecule has 0 aliphatic carbocycles. The van der Waals surface area contributed by atoms with Gasteiger partial charge in [0.1, 0.15) is 0 Å². The third kappa shape index (κ3) is 5.75. The SMILES string of the molecule is CCCS(=O)(=O)c1ccccc1NCCC(=O)NC(C)C. The Bertz CT molecular complexity index is 568.